The number of carbonyl (C=O) groups is 1. The molecule has 2 rings (SSSR count). The van der Waals surface area contributed by atoms with Crippen LogP contribution in [0.15, 0.2) is 42.7 Å². The maximum absolute atomic E-state index is 12.8. The zero-order valence-corrected chi connectivity index (χ0v) is 16.2. The predicted molar refractivity (Wildman–Crippen MR) is 106 cm³/mol. The van der Waals surface area contributed by atoms with Crippen LogP contribution in [0, 0.1) is 6.92 Å². The summed E-state index contributed by atoms with van der Waals surface area (Å²) in [4.78, 5) is 18.7. The second-order valence-electron chi connectivity index (χ2n) is 6.31. The van der Waals surface area contributed by atoms with Gasteiger partial charge in [0.25, 0.3) is 5.91 Å². The monoisotopic (exact) mass is 355 g/mol. The van der Waals surface area contributed by atoms with Gasteiger partial charge < -0.3 is 15.0 Å². The lowest BCUT2D eigenvalue weighted by molar-refractivity contribution is 0.0763. The molecule has 26 heavy (non-hydrogen) atoms. The van der Waals surface area contributed by atoms with Crippen molar-refractivity contribution in [2.24, 2.45) is 0 Å². The third kappa shape index (κ3) is 5.48. The number of nitrogens with one attached hydrogen (secondary N) is 1. The van der Waals surface area contributed by atoms with Crippen molar-refractivity contribution >= 4 is 11.6 Å². The van der Waals surface area contributed by atoms with Crippen LogP contribution in [-0.2, 0) is 0 Å². The molecule has 0 saturated heterocycles. The molecule has 0 radical (unpaired) electrons. The summed E-state index contributed by atoms with van der Waals surface area (Å²) in [5.41, 5.74) is 2.64. The van der Waals surface area contributed by atoms with Crippen LogP contribution in [-0.4, -0.2) is 35.1 Å². The van der Waals surface area contributed by atoms with Crippen LogP contribution >= 0.6 is 0 Å². The number of ether oxygens (including phenoxy) is 1. The minimum absolute atomic E-state index is 0.0537. The van der Waals surface area contributed by atoms with Gasteiger partial charge >= 0.3 is 0 Å². The van der Waals surface area contributed by atoms with E-state index in [0.717, 1.165) is 30.6 Å². The highest BCUT2D eigenvalue weighted by atomic mass is 16.5. The second kappa shape index (κ2) is 9.80. The maximum atomic E-state index is 12.8. The minimum atomic E-state index is -0.180. The molecule has 2 aromatic rings. The van der Waals surface area contributed by atoms with E-state index in [1.165, 1.54) is 0 Å². The summed E-state index contributed by atoms with van der Waals surface area (Å²) in [5.74, 6) is 0.757. The number of aromatic nitrogens is 1. The Bertz CT molecular complexity index is 704. The normalized spacial score (nSPS) is 11.7. The Morgan fingerprint density at radius 3 is 2.54 bits per heavy atom. The molecular formula is C21H29N3O2. The highest BCUT2D eigenvalue weighted by molar-refractivity contribution is 5.94. The van der Waals surface area contributed by atoms with Gasteiger partial charge in [0.1, 0.15) is 5.75 Å². The Hall–Kier alpha value is -2.56. The molecule has 1 heterocycles. The number of aryl methyl sites for hydroxylation is 1. The number of hydrogen-bond acceptors (Lipinski definition) is 4. The Kier molecular flexibility index (Phi) is 7.45. The van der Waals surface area contributed by atoms with Gasteiger partial charge in [-0.05, 0) is 56.2 Å². The molecule has 1 atom stereocenters. The molecule has 1 amide bonds. The van der Waals surface area contributed by atoms with E-state index in [-0.39, 0.29) is 12.1 Å². The summed E-state index contributed by atoms with van der Waals surface area (Å²) in [7, 11) is 0. The summed E-state index contributed by atoms with van der Waals surface area (Å²) >= 11 is 0. The largest absolute Gasteiger partial charge is 0.471 e. The molecule has 1 aromatic carbocycles. The molecule has 0 saturated carbocycles. The molecule has 0 aliphatic carbocycles. The van der Waals surface area contributed by atoms with Gasteiger partial charge in [-0.15, -0.1) is 0 Å². The first-order chi connectivity index (χ1) is 12.6. The van der Waals surface area contributed by atoms with Crippen LogP contribution in [0.1, 0.15) is 49.5 Å². The summed E-state index contributed by atoms with van der Waals surface area (Å²) in [6.45, 7) is 9.60. The van der Waals surface area contributed by atoms with Gasteiger partial charge in [-0.3, -0.25) is 9.78 Å². The number of amides is 1. The van der Waals surface area contributed by atoms with Crippen molar-refractivity contribution < 1.29 is 9.53 Å². The van der Waals surface area contributed by atoms with E-state index in [9.17, 15) is 4.79 Å². The number of hydrogen-bond donors (Lipinski definition) is 1. The highest BCUT2D eigenvalue weighted by Crippen LogP contribution is 2.21. The Balaban J connectivity index is 2.16. The van der Waals surface area contributed by atoms with Gasteiger partial charge in [-0.25, -0.2) is 0 Å². The van der Waals surface area contributed by atoms with Gasteiger partial charge in [0, 0.05) is 43.2 Å². The smallest absolute Gasteiger partial charge is 0.253 e. The van der Waals surface area contributed by atoms with Crippen molar-refractivity contribution in [2.45, 2.75) is 46.8 Å². The van der Waals surface area contributed by atoms with Crippen LogP contribution in [0.5, 0.6) is 5.75 Å². The molecule has 5 nitrogen and oxygen atoms in total. The van der Waals surface area contributed by atoms with Crippen LogP contribution < -0.4 is 10.1 Å². The first kappa shape index (κ1) is 19.8. The van der Waals surface area contributed by atoms with Gasteiger partial charge in [0.2, 0.25) is 0 Å². The van der Waals surface area contributed by atoms with Gasteiger partial charge in [-0.2, -0.15) is 0 Å². The molecular weight excluding hydrogens is 326 g/mol. The molecule has 1 aromatic heterocycles. The molecule has 0 aliphatic rings. The van der Waals surface area contributed by atoms with Crippen LogP contribution in [0.4, 0.5) is 5.69 Å². The van der Waals surface area contributed by atoms with E-state index in [2.05, 4.69) is 24.1 Å². The van der Waals surface area contributed by atoms with Crippen LogP contribution in [0.3, 0.4) is 0 Å². The number of benzene rings is 1. The van der Waals surface area contributed by atoms with Crippen molar-refractivity contribution in [1.29, 1.82) is 0 Å². The van der Waals surface area contributed by atoms with E-state index in [1.807, 2.05) is 49.1 Å². The lowest BCUT2D eigenvalue weighted by Crippen LogP contribution is -2.31. The third-order valence-corrected chi connectivity index (χ3v) is 4.12. The predicted octanol–water partition coefficient (Wildman–Crippen LogP) is 4.49. The molecule has 0 spiro atoms. The standard InChI is InChI=1S/C21H29N3O2/c1-5-12-24(7-3)21(25)17-13-16(4)14-19(15-17)26-20(6-2)23-18-8-10-22-11-9-18/h8-11,13-15,20H,5-7,12H2,1-4H3,(H,22,23). The molecule has 1 unspecified atom stereocenters. The molecule has 1 N–H and O–H groups in total. The van der Waals surface area contributed by atoms with Gasteiger partial charge in [0.15, 0.2) is 6.23 Å². The molecule has 5 heteroatoms. The summed E-state index contributed by atoms with van der Waals surface area (Å²) in [6, 6.07) is 9.53. The van der Waals surface area contributed by atoms with Crippen LogP contribution in [0.25, 0.3) is 0 Å². The van der Waals surface area contributed by atoms with Crippen LogP contribution in [0.2, 0.25) is 0 Å². The third-order valence-electron chi connectivity index (χ3n) is 4.12. The lowest BCUT2D eigenvalue weighted by Gasteiger charge is -2.23. The maximum Gasteiger partial charge on any atom is 0.253 e. The van der Waals surface area contributed by atoms with Crippen molar-refractivity contribution in [3.05, 3.63) is 53.9 Å². The number of carbonyl (C=O) groups excluding carboxylic acids is 1. The topological polar surface area (TPSA) is 54.5 Å². The van der Waals surface area contributed by atoms with E-state index in [0.29, 0.717) is 17.9 Å². The summed E-state index contributed by atoms with van der Waals surface area (Å²) in [5, 5.41) is 3.34. The lowest BCUT2D eigenvalue weighted by atomic mass is 10.1. The average molecular weight is 355 g/mol. The minimum Gasteiger partial charge on any atom is -0.471 e. The molecule has 0 fully saturated rings. The van der Waals surface area contributed by atoms with Crippen molar-refractivity contribution in [2.75, 3.05) is 18.4 Å². The Morgan fingerprint density at radius 2 is 1.92 bits per heavy atom. The number of pyridine rings is 1. The number of nitrogens with zero attached hydrogens (tertiary/aromatic N) is 2. The van der Waals surface area contributed by atoms with Crippen molar-refractivity contribution in [3.63, 3.8) is 0 Å². The fourth-order valence-corrected chi connectivity index (χ4v) is 2.81. The number of rotatable bonds is 9. The Morgan fingerprint density at radius 1 is 1.19 bits per heavy atom. The van der Waals surface area contributed by atoms with Gasteiger partial charge in [0.05, 0.1) is 0 Å². The second-order valence-corrected chi connectivity index (χ2v) is 6.31. The SMILES string of the molecule is CCCN(CC)C(=O)c1cc(C)cc(OC(CC)Nc2ccncc2)c1. The first-order valence-corrected chi connectivity index (χ1v) is 9.31. The zero-order valence-electron chi connectivity index (χ0n) is 16.2. The van der Waals surface area contributed by atoms with E-state index >= 15 is 0 Å². The Labute approximate surface area is 156 Å². The van der Waals surface area contributed by atoms with Gasteiger partial charge in [-0.1, -0.05) is 13.8 Å². The molecule has 0 bridgehead atoms. The first-order valence-electron chi connectivity index (χ1n) is 9.31. The zero-order chi connectivity index (χ0) is 18.9. The van der Waals surface area contributed by atoms with E-state index in [1.54, 1.807) is 12.4 Å². The quantitative estimate of drug-likeness (QED) is 0.674. The summed E-state index contributed by atoms with van der Waals surface area (Å²) in [6.07, 6.45) is 5.04. The molecule has 140 valence electrons. The highest BCUT2D eigenvalue weighted by Gasteiger charge is 2.16. The van der Waals surface area contributed by atoms with E-state index in [4.69, 9.17) is 4.74 Å². The fourth-order valence-electron chi connectivity index (χ4n) is 2.81. The number of anilines is 1. The molecule has 0 aliphatic heterocycles. The van der Waals surface area contributed by atoms with Crippen molar-refractivity contribution in [3.8, 4) is 5.75 Å². The van der Waals surface area contributed by atoms with Crippen molar-refractivity contribution in [1.82, 2.24) is 9.88 Å². The fraction of sp³-hybridized carbons (Fsp3) is 0.429. The summed E-state index contributed by atoms with van der Waals surface area (Å²) < 4.78 is 6.11. The average Bonchev–Trinajstić information content (AvgIpc) is 2.65. The van der Waals surface area contributed by atoms with E-state index < -0.39 is 0 Å².